The molecule has 0 bridgehead atoms. The summed E-state index contributed by atoms with van der Waals surface area (Å²) in [7, 11) is 0. The third-order valence-electron chi connectivity index (χ3n) is 3.31. The Balaban J connectivity index is 1.70. The maximum Gasteiger partial charge on any atom is 0.209 e. The highest BCUT2D eigenvalue weighted by atomic mass is 32.1. The highest BCUT2D eigenvalue weighted by Gasteiger charge is 2.14. The van der Waals surface area contributed by atoms with E-state index in [9.17, 15) is 4.79 Å². The molecule has 1 fully saturated rings. The molecule has 0 spiro atoms. The van der Waals surface area contributed by atoms with Crippen LogP contribution in [0.25, 0.3) is 0 Å². The Bertz CT molecular complexity index is 406. The molecule has 1 aromatic rings. The van der Waals surface area contributed by atoms with Crippen LogP contribution in [-0.2, 0) is 10.5 Å². The van der Waals surface area contributed by atoms with E-state index in [2.05, 4.69) is 17.5 Å². The largest absolute Gasteiger partial charge is 0.492 e. The van der Waals surface area contributed by atoms with Gasteiger partial charge in [-0.25, -0.2) is 0 Å². The van der Waals surface area contributed by atoms with Gasteiger partial charge in [-0.3, -0.25) is 9.69 Å². The number of nitrogens with zero attached hydrogens (tertiary/aromatic N) is 2. The van der Waals surface area contributed by atoms with Gasteiger partial charge in [0.05, 0.1) is 0 Å². The fourth-order valence-electron chi connectivity index (χ4n) is 2.12. The fraction of sp³-hybridized carbons (Fsp3) is 0.500. The first-order valence-corrected chi connectivity index (χ1v) is 7.19. The van der Waals surface area contributed by atoms with Gasteiger partial charge >= 0.3 is 0 Å². The van der Waals surface area contributed by atoms with Crippen molar-refractivity contribution in [3.63, 3.8) is 0 Å². The smallest absolute Gasteiger partial charge is 0.209 e. The molecule has 19 heavy (non-hydrogen) atoms. The second-order valence-corrected chi connectivity index (χ2v) is 4.95. The summed E-state index contributed by atoms with van der Waals surface area (Å²) in [5.41, 5.74) is 1.17. The van der Waals surface area contributed by atoms with Crippen molar-refractivity contribution >= 4 is 19.0 Å². The number of ether oxygens (including phenoxy) is 1. The third-order valence-corrected chi connectivity index (χ3v) is 3.68. The molecule has 4 nitrogen and oxygen atoms in total. The Morgan fingerprint density at radius 1 is 1.26 bits per heavy atom. The predicted octanol–water partition coefficient (Wildman–Crippen LogP) is 1.27. The number of carbonyl (C=O) groups is 1. The molecule has 5 heteroatoms. The van der Waals surface area contributed by atoms with Crippen LogP contribution in [0.5, 0.6) is 5.75 Å². The number of hydrogen-bond acceptors (Lipinski definition) is 4. The second kappa shape index (κ2) is 7.40. The van der Waals surface area contributed by atoms with Crippen LogP contribution < -0.4 is 4.74 Å². The standard InChI is InChI=1S/C14H20N2O2S/c17-12-16-6-4-15(5-7-16)8-9-18-14-3-1-2-13(10-14)11-19/h1-3,10,12,19H,4-9,11H2. The lowest BCUT2D eigenvalue weighted by Gasteiger charge is -2.32. The molecule has 0 atom stereocenters. The number of hydrogen-bond donors (Lipinski definition) is 1. The Hall–Kier alpha value is -1.20. The van der Waals surface area contributed by atoms with E-state index < -0.39 is 0 Å². The van der Waals surface area contributed by atoms with Gasteiger partial charge in [-0.05, 0) is 17.7 Å². The second-order valence-electron chi connectivity index (χ2n) is 4.64. The SMILES string of the molecule is O=CN1CCN(CCOc2cccc(CS)c2)CC1. The van der Waals surface area contributed by atoms with Gasteiger partial charge in [0.1, 0.15) is 12.4 Å². The summed E-state index contributed by atoms with van der Waals surface area (Å²) in [6, 6.07) is 8.02. The molecule has 1 saturated heterocycles. The van der Waals surface area contributed by atoms with Gasteiger partial charge in [0.15, 0.2) is 0 Å². The summed E-state index contributed by atoms with van der Waals surface area (Å²) in [4.78, 5) is 14.7. The van der Waals surface area contributed by atoms with Crippen LogP contribution in [0.1, 0.15) is 5.56 Å². The van der Waals surface area contributed by atoms with Crippen LogP contribution >= 0.6 is 12.6 Å². The van der Waals surface area contributed by atoms with Crippen molar-refractivity contribution in [3.8, 4) is 5.75 Å². The lowest BCUT2D eigenvalue weighted by atomic mass is 10.2. The Labute approximate surface area is 119 Å². The quantitative estimate of drug-likeness (QED) is 0.629. The zero-order chi connectivity index (χ0) is 13.5. The number of piperazine rings is 1. The first-order valence-electron chi connectivity index (χ1n) is 6.56. The van der Waals surface area contributed by atoms with E-state index in [4.69, 9.17) is 4.74 Å². The summed E-state index contributed by atoms with van der Waals surface area (Å²) in [6.07, 6.45) is 0.927. The van der Waals surface area contributed by atoms with E-state index in [1.165, 1.54) is 5.56 Å². The summed E-state index contributed by atoms with van der Waals surface area (Å²) < 4.78 is 5.75. The van der Waals surface area contributed by atoms with E-state index in [1.54, 1.807) is 0 Å². The summed E-state index contributed by atoms with van der Waals surface area (Å²) in [5.74, 6) is 1.63. The minimum absolute atomic E-state index is 0.678. The zero-order valence-electron chi connectivity index (χ0n) is 11.0. The van der Waals surface area contributed by atoms with Crippen molar-refractivity contribution in [2.75, 3.05) is 39.3 Å². The highest BCUT2D eigenvalue weighted by Crippen LogP contribution is 2.14. The molecule has 1 aliphatic rings. The molecule has 0 unspecified atom stereocenters. The van der Waals surface area contributed by atoms with E-state index in [0.29, 0.717) is 6.61 Å². The molecule has 1 aliphatic heterocycles. The van der Waals surface area contributed by atoms with Crippen molar-refractivity contribution in [3.05, 3.63) is 29.8 Å². The van der Waals surface area contributed by atoms with Crippen LogP contribution in [0, 0.1) is 0 Å². The normalized spacial score (nSPS) is 16.4. The molecule has 1 aromatic carbocycles. The summed E-state index contributed by atoms with van der Waals surface area (Å²) >= 11 is 4.25. The van der Waals surface area contributed by atoms with Gasteiger partial charge in [-0.15, -0.1) is 0 Å². The number of carbonyl (C=O) groups excluding carboxylic acids is 1. The fourth-order valence-corrected chi connectivity index (χ4v) is 2.32. The molecular weight excluding hydrogens is 260 g/mol. The molecule has 0 radical (unpaired) electrons. The number of thiol groups is 1. The molecule has 1 heterocycles. The minimum Gasteiger partial charge on any atom is -0.492 e. The number of amides is 1. The minimum atomic E-state index is 0.678. The van der Waals surface area contributed by atoms with Gasteiger partial charge in [0.2, 0.25) is 6.41 Å². The molecule has 0 N–H and O–H groups in total. The zero-order valence-corrected chi connectivity index (χ0v) is 11.9. The molecule has 2 rings (SSSR count). The van der Waals surface area contributed by atoms with Gasteiger partial charge in [0, 0.05) is 38.5 Å². The number of benzene rings is 1. The van der Waals surface area contributed by atoms with Gasteiger partial charge in [-0.2, -0.15) is 12.6 Å². The van der Waals surface area contributed by atoms with Gasteiger partial charge in [-0.1, -0.05) is 12.1 Å². The maximum atomic E-state index is 10.6. The van der Waals surface area contributed by atoms with E-state index in [1.807, 2.05) is 29.2 Å². The molecule has 104 valence electrons. The van der Waals surface area contributed by atoms with Crippen molar-refractivity contribution in [2.24, 2.45) is 0 Å². The first kappa shape index (κ1) is 14.2. The van der Waals surface area contributed by atoms with E-state index in [0.717, 1.165) is 50.6 Å². The van der Waals surface area contributed by atoms with Crippen LogP contribution in [0.15, 0.2) is 24.3 Å². The highest BCUT2D eigenvalue weighted by molar-refractivity contribution is 7.79. The van der Waals surface area contributed by atoms with Crippen molar-refractivity contribution in [2.45, 2.75) is 5.75 Å². The van der Waals surface area contributed by atoms with Crippen LogP contribution in [-0.4, -0.2) is 55.5 Å². The average molecular weight is 280 g/mol. The Morgan fingerprint density at radius 3 is 2.74 bits per heavy atom. The van der Waals surface area contributed by atoms with Gasteiger partial charge < -0.3 is 9.64 Å². The maximum absolute atomic E-state index is 10.6. The van der Waals surface area contributed by atoms with Crippen molar-refractivity contribution in [1.29, 1.82) is 0 Å². The topological polar surface area (TPSA) is 32.8 Å². The molecule has 0 aliphatic carbocycles. The lowest BCUT2D eigenvalue weighted by Crippen LogP contribution is -2.46. The van der Waals surface area contributed by atoms with Crippen molar-refractivity contribution < 1.29 is 9.53 Å². The van der Waals surface area contributed by atoms with Gasteiger partial charge in [0.25, 0.3) is 0 Å². The summed E-state index contributed by atoms with van der Waals surface area (Å²) in [5, 5.41) is 0. The predicted molar refractivity (Wildman–Crippen MR) is 78.7 cm³/mol. The van der Waals surface area contributed by atoms with E-state index in [-0.39, 0.29) is 0 Å². The van der Waals surface area contributed by atoms with Crippen LogP contribution in [0.3, 0.4) is 0 Å². The molecule has 0 aromatic heterocycles. The van der Waals surface area contributed by atoms with Crippen LogP contribution in [0.4, 0.5) is 0 Å². The molecular formula is C14H20N2O2S. The Morgan fingerprint density at radius 2 is 2.05 bits per heavy atom. The van der Waals surface area contributed by atoms with Crippen LogP contribution in [0.2, 0.25) is 0 Å². The number of rotatable bonds is 6. The summed E-state index contributed by atoms with van der Waals surface area (Å²) in [6.45, 7) is 5.07. The molecule has 0 saturated carbocycles. The monoisotopic (exact) mass is 280 g/mol. The molecule has 1 amide bonds. The van der Waals surface area contributed by atoms with Crippen molar-refractivity contribution in [1.82, 2.24) is 9.80 Å². The average Bonchev–Trinajstić information content (AvgIpc) is 2.48. The van der Waals surface area contributed by atoms with E-state index >= 15 is 0 Å². The third kappa shape index (κ3) is 4.44. The first-order chi connectivity index (χ1) is 9.31. The lowest BCUT2D eigenvalue weighted by molar-refractivity contribution is -0.119. The Kier molecular flexibility index (Phi) is 5.54.